The summed E-state index contributed by atoms with van der Waals surface area (Å²) in [5.41, 5.74) is 0.501. The van der Waals surface area contributed by atoms with E-state index in [2.05, 4.69) is 11.8 Å². The summed E-state index contributed by atoms with van der Waals surface area (Å²) >= 11 is 0. The average molecular weight is 235 g/mol. The van der Waals surface area contributed by atoms with Crippen molar-refractivity contribution >= 4 is 5.69 Å². The lowest BCUT2D eigenvalue weighted by Gasteiger charge is -2.02. The lowest BCUT2D eigenvalue weighted by molar-refractivity contribution is -0.384. The summed E-state index contributed by atoms with van der Waals surface area (Å²) in [5.74, 6) is 5.34. The van der Waals surface area contributed by atoms with Gasteiger partial charge in [-0.2, -0.15) is 0 Å². The Hall–Kier alpha value is -1.90. The van der Waals surface area contributed by atoms with Gasteiger partial charge in [0.1, 0.15) is 6.10 Å². The zero-order valence-corrected chi connectivity index (χ0v) is 9.17. The predicted molar refractivity (Wildman–Crippen MR) is 62.2 cm³/mol. The highest BCUT2D eigenvalue weighted by Crippen LogP contribution is 2.17. The number of rotatable bonds is 4. The first kappa shape index (κ1) is 13.2. The smallest absolute Gasteiger partial charge is 0.269 e. The number of non-ortho nitro benzene ring substituents is 1. The summed E-state index contributed by atoms with van der Waals surface area (Å²) < 4.78 is 0. The number of hydrogen-bond donors (Lipinski definition) is 2. The molecule has 0 fully saturated rings. The normalized spacial score (nSPS) is 11.4. The van der Waals surface area contributed by atoms with Gasteiger partial charge in [-0.25, -0.2) is 0 Å². The van der Waals surface area contributed by atoms with E-state index in [1.807, 2.05) is 0 Å². The quantitative estimate of drug-likeness (QED) is 0.357. The lowest BCUT2D eigenvalue weighted by Crippen LogP contribution is -1.95. The largest absolute Gasteiger partial charge is 0.396 e. The number of aliphatic hydroxyl groups is 2. The van der Waals surface area contributed by atoms with Gasteiger partial charge in [-0.05, 0) is 24.1 Å². The first-order valence-corrected chi connectivity index (χ1v) is 5.17. The minimum absolute atomic E-state index is 0.0193. The minimum atomic E-state index is -0.950. The Morgan fingerprint density at radius 3 is 2.53 bits per heavy atom. The molecular formula is C12H13NO4. The van der Waals surface area contributed by atoms with E-state index in [4.69, 9.17) is 5.11 Å². The second kappa shape index (κ2) is 6.63. The number of unbranched alkanes of at least 4 members (excludes halogenated alkanes) is 1. The van der Waals surface area contributed by atoms with Crippen molar-refractivity contribution < 1.29 is 15.1 Å². The second-order valence-electron chi connectivity index (χ2n) is 3.40. The molecular weight excluding hydrogens is 222 g/mol. The van der Waals surface area contributed by atoms with Crippen LogP contribution in [0.15, 0.2) is 24.3 Å². The van der Waals surface area contributed by atoms with Crippen molar-refractivity contribution in [3.8, 4) is 11.8 Å². The van der Waals surface area contributed by atoms with Crippen LogP contribution in [0.5, 0.6) is 0 Å². The Morgan fingerprint density at radius 1 is 1.35 bits per heavy atom. The standard InChI is InChI=1S/C12H13NO4/c14-9-3-1-2-4-12(15)10-5-7-11(8-6-10)13(16)17/h5-8,12,14-15H,1,3,9H2. The Labute approximate surface area is 98.9 Å². The summed E-state index contributed by atoms with van der Waals surface area (Å²) in [6.07, 6.45) is 0.134. The Kier molecular flexibility index (Phi) is 5.14. The molecule has 1 aromatic carbocycles. The van der Waals surface area contributed by atoms with Crippen LogP contribution in [-0.2, 0) is 0 Å². The molecule has 0 saturated heterocycles. The highest BCUT2D eigenvalue weighted by molar-refractivity contribution is 5.35. The molecule has 17 heavy (non-hydrogen) atoms. The van der Waals surface area contributed by atoms with Crippen LogP contribution in [-0.4, -0.2) is 21.7 Å². The Bertz CT molecular complexity index is 430. The fraction of sp³-hybridized carbons (Fsp3) is 0.333. The molecule has 0 aromatic heterocycles. The van der Waals surface area contributed by atoms with E-state index in [1.165, 1.54) is 24.3 Å². The summed E-state index contributed by atoms with van der Waals surface area (Å²) in [6.45, 7) is 0.0717. The molecule has 0 aliphatic rings. The first-order valence-electron chi connectivity index (χ1n) is 5.17. The third kappa shape index (κ3) is 4.23. The van der Waals surface area contributed by atoms with E-state index in [-0.39, 0.29) is 12.3 Å². The van der Waals surface area contributed by atoms with Crippen molar-refractivity contribution in [3.05, 3.63) is 39.9 Å². The van der Waals surface area contributed by atoms with Gasteiger partial charge in [-0.3, -0.25) is 10.1 Å². The molecule has 0 amide bonds. The van der Waals surface area contributed by atoms with Gasteiger partial charge in [0, 0.05) is 25.2 Å². The summed E-state index contributed by atoms with van der Waals surface area (Å²) in [5, 5.41) is 28.6. The van der Waals surface area contributed by atoms with E-state index >= 15 is 0 Å². The van der Waals surface area contributed by atoms with E-state index in [9.17, 15) is 15.2 Å². The summed E-state index contributed by atoms with van der Waals surface area (Å²) in [4.78, 5) is 9.92. The molecule has 0 spiro atoms. The molecule has 0 aliphatic heterocycles. The van der Waals surface area contributed by atoms with Crippen molar-refractivity contribution in [2.45, 2.75) is 18.9 Å². The molecule has 1 unspecified atom stereocenters. The van der Waals surface area contributed by atoms with Crippen LogP contribution >= 0.6 is 0 Å². The van der Waals surface area contributed by atoms with Gasteiger partial charge in [-0.15, -0.1) is 5.92 Å². The maximum absolute atomic E-state index is 10.4. The number of benzene rings is 1. The number of aliphatic hydroxyl groups excluding tert-OH is 2. The molecule has 90 valence electrons. The highest BCUT2D eigenvalue weighted by atomic mass is 16.6. The molecule has 0 radical (unpaired) electrons. The monoisotopic (exact) mass is 235 g/mol. The fourth-order valence-electron chi connectivity index (χ4n) is 1.20. The van der Waals surface area contributed by atoms with Gasteiger partial charge in [0.15, 0.2) is 0 Å². The van der Waals surface area contributed by atoms with E-state index in [1.54, 1.807) is 0 Å². The number of nitro benzene ring substituents is 1. The Morgan fingerprint density at radius 2 is 2.00 bits per heavy atom. The SMILES string of the molecule is O=[N+]([O-])c1ccc(C(O)C#CCCCO)cc1. The van der Waals surface area contributed by atoms with E-state index < -0.39 is 11.0 Å². The van der Waals surface area contributed by atoms with Crippen LogP contribution in [0.2, 0.25) is 0 Å². The van der Waals surface area contributed by atoms with Gasteiger partial charge < -0.3 is 10.2 Å². The minimum Gasteiger partial charge on any atom is -0.396 e. The number of hydrogen-bond acceptors (Lipinski definition) is 4. The van der Waals surface area contributed by atoms with Crippen molar-refractivity contribution in [1.82, 2.24) is 0 Å². The lowest BCUT2D eigenvalue weighted by atomic mass is 10.1. The summed E-state index contributed by atoms with van der Waals surface area (Å²) in [6, 6.07) is 5.61. The van der Waals surface area contributed by atoms with Crippen LogP contribution in [0.4, 0.5) is 5.69 Å². The van der Waals surface area contributed by atoms with Crippen LogP contribution in [0, 0.1) is 22.0 Å². The molecule has 1 rings (SSSR count). The maximum Gasteiger partial charge on any atom is 0.269 e. The third-order valence-electron chi connectivity index (χ3n) is 2.12. The molecule has 5 nitrogen and oxygen atoms in total. The van der Waals surface area contributed by atoms with Gasteiger partial charge in [0.05, 0.1) is 4.92 Å². The highest BCUT2D eigenvalue weighted by Gasteiger charge is 2.07. The molecule has 1 aromatic rings. The van der Waals surface area contributed by atoms with E-state index in [0.29, 0.717) is 18.4 Å². The molecule has 0 aliphatic carbocycles. The van der Waals surface area contributed by atoms with Gasteiger partial charge >= 0.3 is 0 Å². The molecule has 2 N–H and O–H groups in total. The number of nitro groups is 1. The van der Waals surface area contributed by atoms with Crippen molar-refractivity contribution in [2.75, 3.05) is 6.61 Å². The molecule has 5 heteroatoms. The van der Waals surface area contributed by atoms with Crippen LogP contribution in [0.25, 0.3) is 0 Å². The third-order valence-corrected chi connectivity index (χ3v) is 2.12. The predicted octanol–water partition coefficient (Wildman–Crippen LogP) is 1.40. The zero-order valence-electron chi connectivity index (χ0n) is 9.17. The van der Waals surface area contributed by atoms with Crippen LogP contribution in [0.1, 0.15) is 24.5 Å². The second-order valence-corrected chi connectivity index (χ2v) is 3.40. The van der Waals surface area contributed by atoms with Gasteiger partial charge in [0.2, 0.25) is 0 Å². The van der Waals surface area contributed by atoms with Crippen molar-refractivity contribution in [1.29, 1.82) is 0 Å². The Balaban J connectivity index is 2.65. The molecule has 0 saturated carbocycles. The van der Waals surface area contributed by atoms with Crippen LogP contribution < -0.4 is 0 Å². The fourth-order valence-corrected chi connectivity index (χ4v) is 1.20. The average Bonchev–Trinajstić information content (AvgIpc) is 2.34. The maximum atomic E-state index is 10.4. The zero-order chi connectivity index (χ0) is 12.7. The van der Waals surface area contributed by atoms with Gasteiger partial charge in [0.25, 0.3) is 5.69 Å². The van der Waals surface area contributed by atoms with E-state index in [0.717, 1.165) is 0 Å². The van der Waals surface area contributed by atoms with Crippen LogP contribution in [0.3, 0.4) is 0 Å². The topological polar surface area (TPSA) is 83.6 Å². The molecule has 1 atom stereocenters. The summed E-state index contributed by atoms with van der Waals surface area (Å²) in [7, 11) is 0. The van der Waals surface area contributed by atoms with Crippen molar-refractivity contribution in [3.63, 3.8) is 0 Å². The van der Waals surface area contributed by atoms with Gasteiger partial charge in [-0.1, -0.05) is 5.92 Å². The molecule has 0 heterocycles. The van der Waals surface area contributed by atoms with Crippen molar-refractivity contribution in [2.24, 2.45) is 0 Å². The molecule has 0 bridgehead atoms. The number of nitrogens with zero attached hydrogens (tertiary/aromatic N) is 1. The first-order chi connectivity index (χ1) is 8.15.